The number of nitrogens with zero attached hydrogens (tertiary/aromatic N) is 1. The summed E-state index contributed by atoms with van der Waals surface area (Å²) in [6.07, 6.45) is 0.159. The third kappa shape index (κ3) is 4.25. The van der Waals surface area contributed by atoms with Crippen LogP contribution in [0, 0.1) is 12.7 Å². The highest BCUT2D eigenvalue weighted by Gasteiger charge is 2.15. The van der Waals surface area contributed by atoms with Gasteiger partial charge in [-0.05, 0) is 31.2 Å². The predicted molar refractivity (Wildman–Crippen MR) is 104 cm³/mol. The Hall–Kier alpha value is -2.93. The minimum atomic E-state index is -0.326. The first-order valence-corrected chi connectivity index (χ1v) is 9.06. The van der Waals surface area contributed by atoms with Gasteiger partial charge in [-0.2, -0.15) is 0 Å². The highest BCUT2D eigenvalue weighted by Crippen LogP contribution is 2.31. The molecule has 27 heavy (non-hydrogen) atoms. The fourth-order valence-corrected chi connectivity index (χ4v) is 3.69. The van der Waals surface area contributed by atoms with Gasteiger partial charge in [0.25, 0.3) is 0 Å². The van der Waals surface area contributed by atoms with Gasteiger partial charge in [0.2, 0.25) is 5.91 Å². The predicted octanol–water partition coefficient (Wildman–Crippen LogP) is 4.46. The molecule has 3 rings (SSSR count). The normalized spacial score (nSPS) is 10.5. The van der Waals surface area contributed by atoms with Crippen LogP contribution in [0.5, 0.6) is 11.5 Å². The number of aromatic nitrogens is 1. The molecule has 140 valence electrons. The van der Waals surface area contributed by atoms with E-state index in [4.69, 9.17) is 9.47 Å². The second-order valence-corrected chi connectivity index (χ2v) is 6.89. The SMILES string of the molecule is COc1ccc(NC(=O)Cc2sc(-c3ccccc3F)nc2C)cc1OC. The van der Waals surface area contributed by atoms with Gasteiger partial charge in [-0.25, -0.2) is 9.37 Å². The first-order chi connectivity index (χ1) is 13.0. The van der Waals surface area contributed by atoms with Crippen molar-refractivity contribution in [2.45, 2.75) is 13.3 Å². The first kappa shape index (κ1) is 18.8. The number of hydrogen-bond donors (Lipinski definition) is 1. The quantitative estimate of drug-likeness (QED) is 0.680. The number of halogens is 1. The van der Waals surface area contributed by atoms with E-state index in [9.17, 15) is 9.18 Å². The molecule has 0 atom stereocenters. The molecule has 1 heterocycles. The van der Waals surface area contributed by atoms with E-state index in [2.05, 4.69) is 10.3 Å². The number of carbonyl (C=O) groups excluding carboxylic acids is 1. The Balaban J connectivity index is 1.74. The maximum atomic E-state index is 14.0. The molecule has 1 N–H and O–H groups in total. The lowest BCUT2D eigenvalue weighted by Gasteiger charge is -2.10. The van der Waals surface area contributed by atoms with Gasteiger partial charge >= 0.3 is 0 Å². The molecule has 0 radical (unpaired) electrons. The van der Waals surface area contributed by atoms with E-state index < -0.39 is 0 Å². The van der Waals surface area contributed by atoms with Crippen molar-refractivity contribution >= 4 is 22.9 Å². The van der Waals surface area contributed by atoms with E-state index in [0.717, 1.165) is 10.6 Å². The van der Waals surface area contributed by atoms with Crippen molar-refractivity contribution in [2.24, 2.45) is 0 Å². The monoisotopic (exact) mass is 386 g/mol. The summed E-state index contributed by atoms with van der Waals surface area (Å²) in [4.78, 5) is 17.6. The molecule has 5 nitrogen and oxygen atoms in total. The topological polar surface area (TPSA) is 60.5 Å². The van der Waals surface area contributed by atoms with Gasteiger partial charge in [-0.15, -0.1) is 11.3 Å². The Morgan fingerprint density at radius 1 is 1.15 bits per heavy atom. The largest absolute Gasteiger partial charge is 0.493 e. The smallest absolute Gasteiger partial charge is 0.229 e. The van der Waals surface area contributed by atoms with Crippen molar-refractivity contribution in [1.82, 2.24) is 4.98 Å². The molecular formula is C20H19FN2O3S. The van der Waals surface area contributed by atoms with E-state index in [0.29, 0.717) is 27.8 Å². The minimum Gasteiger partial charge on any atom is -0.493 e. The summed E-state index contributed by atoms with van der Waals surface area (Å²) in [5.74, 6) is 0.607. The minimum absolute atomic E-state index is 0.159. The van der Waals surface area contributed by atoms with Gasteiger partial charge in [0.1, 0.15) is 10.8 Å². The van der Waals surface area contributed by atoms with Crippen LogP contribution < -0.4 is 14.8 Å². The third-order valence-electron chi connectivity index (χ3n) is 3.99. The number of methoxy groups -OCH3 is 2. The van der Waals surface area contributed by atoms with Crippen LogP contribution in [0.2, 0.25) is 0 Å². The van der Waals surface area contributed by atoms with Gasteiger partial charge in [0, 0.05) is 22.2 Å². The van der Waals surface area contributed by atoms with Crippen molar-refractivity contribution in [1.29, 1.82) is 0 Å². The van der Waals surface area contributed by atoms with E-state index in [1.165, 1.54) is 24.5 Å². The molecule has 2 aromatic carbocycles. The number of rotatable bonds is 6. The van der Waals surface area contributed by atoms with E-state index in [-0.39, 0.29) is 18.1 Å². The second-order valence-electron chi connectivity index (χ2n) is 5.80. The highest BCUT2D eigenvalue weighted by molar-refractivity contribution is 7.15. The average Bonchev–Trinajstić information content (AvgIpc) is 3.02. The first-order valence-electron chi connectivity index (χ1n) is 8.25. The number of nitrogens with one attached hydrogen (secondary N) is 1. The molecule has 0 spiro atoms. The zero-order valence-electron chi connectivity index (χ0n) is 15.2. The van der Waals surface area contributed by atoms with Crippen molar-refractivity contribution in [3.63, 3.8) is 0 Å². The molecule has 0 aliphatic heterocycles. The molecular weight excluding hydrogens is 367 g/mol. The van der Waals surface area contributed by atoms with Crippen LogP contribution in [0.15, 0.2) is 42.5 Å². The van der Waals surface area contributed by atoms with Crippen LogP contribution in [0.4, 0.5) is 10.1 Å². The Morgan fingerprint density at radius 3 is 2.59 bits per heavy atom. The molecule has 1 amide bonds. The van der Waals surface area contributed by atoms with Crippen LogP contribution in [0.3, 0.4) is 0 Å². The summed E-state index contributed by atoms with van der Waals surface area (Å²) in [6.45, 7) is 1.82. The summed E-state index contributed by atoms with van der Waals surface area (Å²) < 4.78 is 24.4. The van der Waals surface area contributed by atoms with E-state index in [1.54, 1.807) is 43.5 Å². The van der Waals surface area contributed by atoms with E-state index in [1.807, 2.05) is 6.92 Å². The van der Waals surface area contributed by atoms with E-state index >= 15 is 0 Å². The summed E-state index contributed by atoms with van der Waals surface area (Å²) in [6, 6.07) is 11.6. The standard InChI is InChI=1S/C20H19FN2O3S/c1-12-18(27-20(22-12)14-6-4-5-7-15(14)21)11-19(24)23-13-8-9-16(25-2)17(10-13)26-3/h4-10H,11H2,1-3H3,(H,23,24). The summed E-state index contributed by atoms with van der Waals surface area (Å²) >= 11 is 1.32. The fraction of sp³-hybridized carbons (Fsp3) is 0.200. The van der Waals surface area contributed by atoms with Crippen LogP contribution in [0.1, 0.15) is 10.6 Å². The maximum Gasteiger partial charge on any atom is 0.229 e. The van der Waals surface area contributed by atoms with Gasteiger partial charge in [-0.3, -0.25) is 4.79 Å². The van der Waals surface area contributed by atoms with Gasteiger partial charge in [0.15, 0.2) is 11.5 Å². The summed E-state index contributed by atoms with van der Waals surface area (Å²) in [5.41, 5.74) is 1.77. The average molecular weight is 386 g/mol. The molecule has 7 heteroatoms. The zero-order valence-corrected chi connectivity index (χ0v) is 16.0. The molecule has 0 aliphatic rings. The molecule has 1 aromatic heterocycles. The number of hydrogen-bond acceptors (Lipinski definition) is 5. The molecule has 3 aromatic rings. The summed E-state index contributed by atoms with van der Waals surface area (Å²) in [7, 11) is 3.09. The number of benzene rings is 2. The lowest BCUT2D eigenvalue weighted by atomic mass is 10.2. The second kappa shape index (κ2) is 8.18. The lowest BCUT2D eigenvalue weighted by Crippen LogP contribution is -2.14. The molecule has 0 fully saturated rings. The molecule has 0 saturated carbocycles. The van der Waals surface area contributed by atoms with Crippen molar-refractivity contribution < 1.29 is 18.7 Å². The van der Waals surface area contributed by atoms with Crippen molar-refractivity contribution in [3.8, 4) is 22.1 Å². The van der Waals surface area contributed by atoms with Crippen molar-refractivity contribution in [2.75, 3.05) is 19.5 Å². The number of aryl methyl sites for hydroxylation is 1. The maximum absolute atomic E-state index is 14.0. The number of carbonyl (C=O) groups is 1. The molecule has 0 saturated heterocycles. The Morgan fingerprint density at radius 2 is 1.89 bits per heavy atom. The lowest BCUT2D eigenvalue weighted by molar-refractivity contribution is -0.115. The van der Waals surface area contributed by atoms with Gasteiger partial charge < -0.3 is 14.8 Å². The summed E-state index contributed by atoms with van der Waals surface area (Å²) in [5, 5.41) is 3.40. The molecule has 0 unspecified atom stereocenters. The van der Waals surface area contributed by atoms with Gasteiger partial charge in [-0.1, -0.05) is 12.1 Å². The number of ether oxygens (including phenoxy) is 2. The Kier molecular flexibility index (Phi) is 5.71. The van der Waals surface area contributed by atoms with Crippen LogP contribution in [-0.2, 0) is 11.2 Å². The zero-order chi connectivity index (χ0) is 19.4. The fourth-order valence-electron chi connectivity index (χ4n) is 2.61. The molecule has 0 aliphatic carbocycles. The van der Waals surface area contributed by atoms with Crippen LogP contribution in [-0.4, -0.2) is 25.1 Å². The van der Waals surface area contributed by atoms with Gasteiger partial charge in [0.05, 0.1) is 26.3 Å². The number of amides is 1. The third-order valence-corrected chi connectivity index (χ3v) is 5.18. The van der Waals surface area contributed by atoms with Crippen molar-refractivity contribution in [3.05, 3.63) is 58.9 Å². The Bertz CT molecular complexity index is 972. The highest BCUT2D eigenvalue weighted by atomic mass is 32.1. The van der Waals surface area contributed by atoms with Crippen LogP contribution in [0.25, 0.3) is 10.6 Å². The van der Waals surface area contributed by atoms with Crippen LogP contribution >= 0.6 is 11.3 Å². The Labute approximate surface area is 160 Å². The number of anilines is 1. The number of thiazole rings is 1. The molecule has 0 bridgehead atoms.